The molecule has 0 fully saturated rings. The van der Waals surface area contributed by atoms with E-state index < -0.39 is 19.7 Å². The van der Waals surface area contributed by atoms with Crippen LogP contribution in [-0.4, -0.2) is 16.8 Å². The van der Waals surface area contributed by atoms with Crippen molar-refractivity contribution in [1.82, 2.24) is 0 Å². The molecule has 0 unspecified atom stereocenters. The summed E-state index contributed by atoms with van der Waals surface area (Å²) >= 11 is 0. The van der Waals surface area contributed by atoms with Gasteiger partial charge < -0.3 is 9.47 Å². The lowest BCUT2D eigenvalue weighted by atomic mass is 10.2. The summed E-state index contributed by atoms with van der Waals surface area (Å²) in [7, 11) is -7.26. The monoisotopic (exact) mass is 570 g/mol. The van der Waals surface area contributed by atoms with Gasteiger partial charge in [0.25, 0.3) is 0 Å². The number of hydrogen-bond donors (Lipinski definition) is 0. The van der Waals surface area contributed by atoms with Crippen LogP contribution >= 0.6 is 0 Å². The van der Waals surface area contributed by atoms with Gasteiger partial charge in [0.05, 0.1) is 19.6 Å². The summed E-state index contributed by atoms with van der Waals surface area (Å²) in [6.07, 6.45) is 0. The number of hydrogen-bond acceptors (Lipinski definition) is 6. The largest absolute Gasteiger partial charge is 0.457 e. The topological polar surface area (TPSA) is 86.7 Å². The highest BCUT2D eigenvalue weighted by Gasteiger charge is 2.18. The van der Waals surface area contributed by atoms with Gasteiger partial charge in [0.15, 0.2) is 0 Å². The van der Waals surface area contributed by atoms with Crippen LogP contribution in [0.25, 0.3) is 0 Å². The molecule has 0 aliphatic rings. The molecule has 0 aromatic heterocycles. The average Bonchev–Trinajstić information content (AvgIpc) is 2.94. The Balaban J connectivity index is 1.27. The van der Waals surface area contributed by atoms with Gasteiger partial charge in [0.2, 0.25) is 19.7 Å². The van der Waals surface area contributed by atoms with E-state index in [1.165, 1.54) is 24.3 Å². The Morgan fingerprint density at radius 1 is 0.400 bits per heavy atom. The summed E-state index contributed by atoms with van der Waals surface area (Å²) in [6.45, 7) is 3.80. The van der Waals surface area contributed by atoms with E-state index in [9.17, 15) is 16.8 Å². The van der Waals surface area contributed by atoms with E-state index in [4.69, 9.17) is 9.47 Å². The molecule has 0 radical (unpaired) electrons. The van der Waals surface area contributed by atoms with Gasteiger partial charge >= 0.3 is 0 Å². The van der Waals surface area contributed by atoms with Crippen molar-refractivity contribution in [3.63, 3.8) is 0 Å². The van der Waals surface area contributed by atoms with Crippen LogP contribution in [0.3, 0.4) is 0 Å². The van der Waals surface area contributed by atoms with Gasteiger partial charge in [-0.3, -0.25) is 0 Å². The summed E-state index contributed by atoms with van der Waals surface area (Å²) < 4.78 is 63.4. The van der Waals surface area contributed by atoms with Gasteiger partial charge in [-0.1, -0.05) is 41.5 Å². The second-order valence-corrected chi connectivity index (χ2v) is 13.2. The van der Waals surface area contributed by atoms with E-state index in [-0.39, 0.29) is 19.6 Å². The fraction of sp³-hybridized carbons (Fsp3) is 0.0625. The minimum absolute atomic E-state index is 0.175. The first kappa shape index (κ1) is 27.2. The molecule has 0 aliphatic heterocycles. The lowest BCUT2D eigenvalue weighted by Crippen LogP contribution is -2.01. The SMILES string of the molecule is Cc1ccc(S(=O)(=O)c2ccc(Oc3cccc(Oc4ccc(S(=O)(=O)c5ccc(C)cc5)cc4)c3)cc2)cc1. The Kier molecular flexibility index (Phi) is 7.47. The number of aryl methyl sites for hydroxylation is 2. The number of rotatable bonds is 8. The van der Waals surface area contributed by atoms with Crippen molar-refractivity contribution in [3.8, 4) is 23.0 Å². The molecule has 0 saturated carbocycles. The first-order chi connectivity index (χ1) is 19.1. The molecule has 0 N–H and O–H groups in total. The highest BCUT2D eigenvalue weighted by molar-refractivity contribution is 7.91. The van der Waals surface area contributed by atoms with E-state index in [2.05, 4.69) is 0 Å². The fourth-order valence-corrected chi connectivity index (χ4v) is 6.48. The van der Waals surface area contributed by atoms with Crippen LogP contribution in [0, 0.1) is 13.8 Å². The van der Waals surface area contributed by atoms with Crippen LogP contribution in [0.1, 0.15) is 11.1 Å². The number of benzene rings is 5. The molecule has 5 rings (SSSR count). The highest BCUT2D eigenvalue weighted by Crippen LogP contribution is 2.31. The quantitative estimate of drug-likeness (QED) is 0.191. The van der Waals surface area contributed by atoms with Crippen molar-refractivity contribution in [2.75, 3.05) is 0 Å². The maximum atomic E-state index is 12.9. The van der Waals surface area contributed by atoms with E-state index in [0.29, 0.717) is 23.0 Å². The molecule has 202 valence electrons. The third kappa shape index (κ3) is 5.93. The molecule has 0 bridgehead atoms. The summed E-state index contributed by atoms with van der Waals surface area (Å²) in [5.41, 5.74) is 1.97. The number of sulfone groups is 2. The minimum Gasteiger partial charge on any atom is -0.457 e. The lowest BCUT2D eigenvalue weighted by Gasteiger charge is -2.11. The minimum atomic E-state index is -3.63. The predicted octanol–water partition coefficient (Wildman–Crippen LogP) is 7.55. The van der Waals surface area contributed by atoms with Crippen molar-refractivity contribution in [3.05, 3.63) is 132 Å². The van der Waals surface area contributed by atoms with Crippen LogP contribution in [0.15, 0.2) is 141 Å². The molecule has 0 heterocycles. The van der Waals surface area contributed by atoms with Crippen LogP contribution in [0.2, 0.25) is 0 Å². The smallest absolute Gasteiger partial charge is 0.206 e. The van der Waals surface area contributed by atoms with E-state index in [1.807, 2.05) is 13.8 Å². The average molecular weight is 571 g/mol. The zero-order valence-electron chi connectivity index (χ0n) is 21.8. The molecular weight excluding hydrogens is 544 g/mol. The summed E-state index contributed by atoms with van der Waals surface area (Å²) in [5.74, 6) is 1.91. The zero-order valence-corrected chi connectivity index (χ0v) is 23.4. The van der Waals surface area contributed by atoms with E-state index in [1.54, 1.807) is 97.1 Å². The first-order valence-corrected chi connectivity index (χ1v) is 15.4. The molecule has 8 heteroatoms. The van der Waals surface area contributed by atoms with Crippen molar-refractivity contribution < 1.29 is 26.3 Å². The van der Waals surface area contributed by atoms with E-state index >= 15 is 0 Å². The highest BCUT2D eigenvalue weighted by atomic mass is 32.2. The Bertz CT molecular complexity index is 1710. The molecule has 0 atom stereocenters. The molecule has 5 aromatic rings. The van der Waals surface area contributed by atoms with Crippen molar-refractivity contribution >= 4 is 19.7 Å². The molecule has 0 aliphatic carbocycles. The summed E-state index contributed by atoms with van der Waals surface area (Å²) in [6, 6.07) is 32.8. The molecule has 0 saturated heterocycles. The second kappa shape index (κ2) is 11.0. The first-order valence-electron chi connectivity index (χ1n) is 12.4. The predicted molar refractivity (Wildman–Crippen MR) is 153 cm³/mol. The van der Waals surface area contributed by atoms with Gasteiger partial charge in [-0.2, -0.15) is 0 Å². The second-order valence-electron chi connectivity index (χ2n) is 9.25. The Hall–Kier alpha value is -4.40. The van der Waals surface area contributed by atoms with Gasteiger partial charge in [0, 0.05) is 6.07 Å². The van der Waals surface area contributed by atoms with Gasteiger partial charge in [-0.05, 0) is 98.8 Å². The number of ether oxygens (including phenoxy) is 2. The Labute approximate surface area is 234 Å². The van der Waals surface area contributed by atoms with Gasteiger partial charge in [-0.25, -0.2) is 16.8 Å². The van der Waals surface area contributed by atoms with Crippen LogP contribution < -0.4 is 9.47 Å². The van der Waals surface area contributed by atoms with Crippen molar-refractivity contribution in [2.45, 2.75) is 33.4 Å². The summed E-state index contributed by atoms with van der Waals surface area (Å²) in [5, 5.41) is 0. The molecule has 40 heavy (non-hydrogen) atoms. The van der Waals surface area contributed by atoms with Gasteiger partial charge in [0.1, 0.15) is 23.0 Å². The third-order valence-electron chi connectivity index (χ3n) is 6.21. The van der Waals surface area contributed by atoms with Gasteiger partial charge in [-0.15, -0.1) is 0 Å². The van der Waals surface area contributed by atoms with Crippen molar-refractivity contribution in [2.24, 2.45) is 0 Å². The molecule has 5 aromatic carbocycles. The standard InChI is InChI=1S/C32H26O6S2/c1-23-6-14-29(15-7-23)39(33,34)31-18-10-25(11-19-31)37-27-4-3-5-28(22-27)38-26-12-20-32(21-13-26)40(35,36)30-16-8-24(2)9-17-30/h3-22H,1-2H3. The Morgan fingerprint density at radius 3 is 1.02 bits per heavy atom. The maximum Gasteiger partial charge on any atom is 0.206 e. The maximum absolute atomic E-state index is 12.9. The van der Waals surface area contributed by atoms with E-state index in [0.717, 1.165) is 11.1 Å². The van der Waals surface area contributed by atoms with Crippen molar-refractivity contribution in [1.29, 1.82) is 0 Å². The molecule has 0 amide bonds. The van der Waals surface area contributed by atoms with Crippen LogP contribution in [0.5, 0.6) is 23.0 Å². The summed E-state index contributed by atoms with van der Waals surface area (Å²) in [4.78, 5) is 0.817. The van der Waals surface area contributed by atoms with Crippen LogP contribution in [-0.2, 0) is 19.7 Å². The third-order valence-corrected chi connectivity index (χ3v) is 9.78. The van der Waals surface area contributed by atoms with Crippen LogP contribution in [0.4, 0.5) is 0 Å². The normalized spacial score (nSPS) is 11.7. The molecule has 6 nitrogen and oxygen atoms in total. The Morgan fingerprint density at radius 2 is 0.700 bits per heavy atom. The fourth-order valence-electron chi connectivity index (χ4n) is 3.95. The zero-order chi connectivity index (χ0) is 28.3. The molecular formula is C32H26O6S2. The molecule has 0 spiro atoms. The lowest BCUT2D eigenvalue weighted by molar-refractivity contribution is 0.460.